The van der Waals surface area contributed by atoms with Gasteiger partial charge in [0.1, 0.15) is 5.82 Å². The minimum Gasteiger partial charge on any atom is -0.311 e. The highest BCUT2D eigenvalue weighted by Gasteiger charge is 2.48. The van der Waals surface area contributed by atoms with Gasteiger partial charge in [-0.05, 0) is 25.5 Å². The topological polar surface area (TPSA) is 78.1 Å². The quantitative estimate of drug-likeness (QED) is 0.858. The summed E-state index contributed by atoms with van der Waals surface area (Å²) in [4.78, 5) is 31.4. The number of carbonyl (C=O) groups excluding carboxylic acids is 1. The molecule has 0 saturated carbocycles. The standard InChI is InChI=1S/C17H17F3N4O2/c1-8-12(15(25)22-9(2)21-8)6-10-4-5-11-13(7-10)23-16(26)24(3)14(11)17(18,19)20/h4-5,7,14H,6H2,1-3H3,(H,23,26)(H,21,22,25). The fraction of sp³-hybridized carbons (Fsp3) is 0.353. The maximum atomic E-state index is 13.4. The molecule has 3 rings (SSSR count). The average molecular weight is 366 g/mol. The molecule has 0 saturated heterocycles. The van der Waals surface area contributed by atoms with Gasteiger partial charge < -0.3 is 15.2 Å². The number of nitrogens with one attached hydrogen (secondary N) is 2. The number of benzene rings is 1. The largest absolute Gasteiger partial charge is 0.413 e. The van der Waals surface area contributed by atoms with Gasteiger partial charge in [0.05, 0.1) is 0 Å². The van der Waals surface area contributed by atoms with E-state index in [1.54, 1.807) is 13.8 Å². The number of aromatic nitrogens is 2. The molecule has 9 heteroatoms. The van der Waals surface area contributed by atoms with Crippen molar-refractivity contribution in [3.05, 3.63) is 56.8 Å². The monoisotopic (exact) mass is 366 g/mol. The third kappa shape index (κ3) is 3.16. The highest BCUT2D eigenvalue weighted by atomic mass is 19.4. The summed E-state index contributed by atoms with van der Waals surface area (Å²) in [6.45, 7) is 3.37. The number of carbonyl (C=O) groups is 1. The lowest BCUT2D eigenvalue weighted by Crippen LogP contribution is -2.45. The highest BCUT2D eigenvalue weighted by Crippen LogP contribution is 2.43. The minimum absolute atomic E-state index is 0.0315. The van der Waals surface area contributed by atoms with Crippen LogP contribution in [0.1, 0.15) is 34.3 Å². The van der Waals surface area contributed by atoms with E-state index in [-0.39, 0.29) is 23.2 Å². The van der Waals surface area contributed by atoms with E-state index in [0.29, 0.717) is 27.5 Å². The zero-order valence-corrected chi connectivity index (χ0v) is 14.4. The van der Waals surface area contributed by atoms with Crippen molar-refractivity contribution in [1.82, 2.24) is 14.9 Å². The van der Waals surface area contributed by atoms with Gasteiger partial charge in [0.2, 0.25) is 0 Å². The van der Waals surface area contributed by atoms with Crippen molar-refractivity contribution >= 4 is 11.7 Å². The average Bonchev–Trinajstić information content (AvgIpc) is 2.50. The lowest BCUT2D eigenvalue weighted by Gasteiger charge is -2.36. The van der Waals surface area contributed by atoms with Crippen molar-refractivity contribution in [3.63, 3.8) is 0 Å². The summed E-state index contributed by atoms with van der Waals surface area (Å²) < 4.78 is 40.1. The predicted molar refractivity (Wildman–Crippen MR) is 89.2 cm³/mol. The Morgan fingerprint density at radius 2 is 1.92 bits per heavy atom. The summed E-state index contributed by atoms with van der Waals surface area (Å²) in [7, 11) is 1.10. The summed E-state index contributed by atoms with van der Waals surface area (Å²) in [6, 6.07) is 1.50. The predicted octanol–water partition coefficient (Wildman–Crippen LogP) is 3.06. The molecule has 2 aromatic rings. The van der Waals surface area contributed by atoms with Gasteiger partial charge in [-0.1, -0.05) is 12.1 Å². The Morgan fingerprint density at radius 3 is 2.54 bits per heavy atom. The van der Waals surface area contributed by atoms with Crippen LogP contribution in [0.3, 0.4) is 0 Å². The highest BCUT2D eigenvalue weighted by molar-refractivity contribution is 5.93. The number of rotatable bonds is 2. The molecule has 1 unspecified atom stereocenters. The molecule has 1 aliphatic heterocycles. The molecule has 1 aromatic heterocycles. The summed E-state index contributed by atoms with van der Waals surface area (Å²) in [6.07, 6.45) is -4.39. The first-order valence-corrected chi connectivity index (χ1v) is 7.87. The van der Waals surface area contributed by atoms with E-state index in [9.17, 15) is 22.8 Å². The van der Waals surface area contributed by atoms with Gasteiger partial charge in [0.25, 0.3) is 5.56 Å². The molecule has 6 nitrogen and oxygen atoms in total. The molecule has 138 valence electrons. The van der Waals surface area contributed by atoms with Gasteiger partial charge >= 0.3 is 12.2 Å². The normalized spacial score (nSPS) is 17.1. The number of hydrogen-bond acceptors (Lipinski definition) is 3. The molecule has 0 fully saturated rings. The number of fused-ring (bicyclic) bond motifs is 1. The van der Waals surface area contributed by atoms with E-state index in [0.717, 1.165) is 7.05 Å². The molecule has 2 amide bonds. The number of urea groups is 1. The van der Waals surface area contributed by atoms with Crippen LogP contribution >= 0.6 is 0 Å². The zero-order valence-electron chi connectivity index (χ0n) is 14.4. The number of H-pyrrole nitrogens is 1. The second-order valence-corrected chi connectivity index (χ2v) is 6.30. The lowest BCUT2D eigenvalue weighted by atomic mass is 9.96. The Kier molecular flexibility index (Phi) is 4.25. The Hall–Kier alpha value is -2.84. The Bertz CT molecular complexity index is 937. The van der Waals surface area contributed by atoms with Crippen LogP contribution < -0.4 is 10.9 Å². The second kappa shape index (κ2) is 6.15. The molecule has 2 N–H and O–H groups in total. The first kappa shape index (κ1) is 18.0. The number of hydrogen-bond donors (Lipinski definition) is 2. The first-order chi connectivity index (χ1) is 12.1. The Labute approximate surface area is 147 Å². The fourth-order valence-electron chi connectivity index (χ4n) is 3.15. The third-order valence-corrected chi connectivity index (χ3v) is 4.39. The van der Waals surface area contributed by atoms with Crippen LogP contribution in [0.15, 0.2) is 23.0 Å². The molecular weight excluding hydrogens is 349 g/mol. The van der Waals surface area contributed by atoms with E-state index < -0.39 is 18.2 Å². The SMILES string of the molecule is Cc1nc(C)c(Cc2ccc3c(c2)NC(=O)N(C)C3C(F)(F)F)c(=O)[nH]1. The molecule has 1 aliphatic rings. The number of amides is 2. The second-order valence-electron chi connectivity index (χ2n) is 6.30. The molecule has 2 heterocycles. The number of nitrogens with zero attached hydrogens (tertiary/aromatic N) is 2. The number of anilines is 1. The van der Waals surface area contributed by atoms with Crippen molar-refractivity contribution < 1.29 is 18.0 Å². The van der Waals surface area contributed by atoms with E-state index in [1.807, 2.05) is 0 Å². The van der Waals surface area contributed by atoms with Gasteiger partial charge in [-0.3, -0.25) is 4.79 Å². The van der Waals surface area contributed by atoms with Gasteiger partial charge in [-0.25, -0.2) is 9.78 Å². The fourth-order valence-corrected chi connectivity index (χ4v) is 3.15. The molecule has 1 aromatic carbocycles. The van der Waals surface area contributed by atoms with Crippen molar-refractivity contribution in [2.24, 2.45) is 0 Å². The first-order valence-electron chi connectivity index (χ1n) is 7.87. The minimum atomic E-state index is -4.59. The Balaban J connectivity index is 2.01. The van der Waals surface area contributed by atoms with Gasteiger partial charge in [0.15, 0.2) is 6.04 Å². The summed E-state index contributed by atoms with van der Waals surface area (Å²) >= 11 is 0. The number of aryl methyl sites for hydroxylation is 2. The summed E-state index contributed by atoms with van der Waals surface area (Å²) in [5.74, 6) is 0.491. The number of aromatic amines is 1. The lowest BCUT2D eigenvalue weighted by molar-refractivity contribution is -0.175. The van der Waals surface area contributed by atoms with E-state index in [4.69, 9.17) is 0 Å². The van der Waals surface area contributed by atoms with Crippen LogP contribution in [-0.2, 0) is 6.42 Å². The molecular formula is C17H17F3N4O2. The molecule has 0 aliphatic carbocycles. The maximum absolute atomic E-state index is 13.4. The van der Waals surface area contributed by atoms with Crippen LogP contribution in [-0.4, -0.2) is 34.1 Å². The molecule has 26 heavy (non-hydrogen) atoms. The van der Waals surface area contributed by atoms with E-state index >= 15 is 0 Å². The van der Waals surface area contributed by atoms with Crippen LogP contribution in [0.2, 0.25) is 0 Å². The van der Waals surface area contributed by atoms with Gasteiger partial charge in [0, 0.05) is 36.0 Å². The van der Waals surface area contributed by atoms with E-state index in [1.165, 1.54) is 18.2 Å². The van der Waals surface area contributed by atoms with Gasteiger partial charge in [-0.15, -0.1) is 0 Å². The number of alkyl halides is 3. The van der Waals surface area contributed by atoms with Crippen LogP contribution in [0.25, 0.3) is 0 Å². The Morgan fingerprint density at radius 1 is 1.23 bits per heavy atom. The van der Waals surface area contributed by atoms with Crippen molar-refractivity contribution in [2.75, 3.05) is 12.4 Å². The van der Waals surface area contributed by atoms with E-state index in [2.05, 4.69) is 15.3 Å². The summed E-state index contributed by atoms with van der Waals surface area (Å²) in [5, 5.41) is 2.46. The van der Waals surface area contributed by atoms with Gasteiger partial charge in [-0.2, -0.15) is 13.2 Å². The molecule has 0 bridgehead atoms. The molecule has 0 spiro atoms. The van der Waals surface area contributed by atoms with Crippen molar-refractivity contribution in [2.45, 2.75) is 32.5 Å². The van der Waals surface area contributed by atoms with Crippen molar-refractivity contribution in [3.8, 4) is 0 Å². The van der Waals surface area contributed by atoms with Crippen LogP contribution in [0, 0.1) is 13.8 Å². The molecule has 1 atom stereocenters. The van der Waals surface area contributed by atoms with Crippen LogP contribution in [0.4, 0.5) is 23.7 Å². The smallest absolute Gasteiger partial charge is 0.311 e. The maximum Gasteiger partial charge on any atom is 0.413 e. The van der Waals surface area contributed by atoms with Crippen molar-refractivity contribution in [1.29, 1.82) is 0 Å². The van der Waals surface area contributed by atoms with Crippen LogP contribution in [0.5, 0.6) is 0 Å². The zero-order chi connectivity index (χ0) is 19.2. The summed E-state index contributed by atoms with van der Waals surface area (Å²) in [5.41, 5.74) is 1.37. The number of halogens is 3. The third-order valence-electron chi connectivity index (χ3n) is 4.39. The molecule has 0 radical (unpaired) electrons.